The number of aryl methyl sites for hydroxylation is 1. The van der Waals surface area contributed by atoms with Crippen LogP contribution >= 0.6 is 0 Å². The highest BCUT2D eigenvalue weighted by atomic mass is 16.5. The van der Waals surface area contributed by atoms with Crippen molar-refractivity contribution in [1.29, 1.82) is 0 Å². The minimum absolute atomic E-state index is 0.0617. The number of hydrogen-bond acceptors (Lipinski definition) is 4. The molecular weight excluding hydrogens is 218 g/mol. The molecule has 0 fully saturated rings. The summed E-state index contributed by atoms with van der Waals surface area (Å²) in [7, 11) is 3.16. The van der Waals surface area contributed by atoms with Gasteiger partial charge in [0.1, 0.15) is 5.78 Å². The van der Waals surface area contributed by atoms with Crippen molar-refractivity contribution in [1.82, 2.24) is 4.98 Å². The van der Waals surface area contributed by atoms with Crippen molar-refractivity contribution in [3.05, 3.63) is 18.0 Å². The minimum Gasteiger partial charge on any atom is -0.493 e. The Balaban J connectivity index is 2.80. The van der Waals surface area contributed by atoms with Gasteiger partial charge in [-0.05, 0) is 0 Å². The lowest BCUT2D eigenvalue weighted by atomic mass is 10.0. The van der Waals surface area contributed by atoms with Gasteiger partial charge in [-0.2, -0.15) is 0 Å². The number of rotatable bonds is 6. The zero-order valence-corrected chi connectivity index (χ0v) is 10.8. The highest BCUT2D eigenvalue weighted by Crippen LogP contribution is 2.29. The van der Waals surface area contributed by atoms with Crippen molar-refractivity contribution in [3.63, 3.8) is 0 Å². The van der Waals surface area contributed by atoms with Crippen molar-refractivity contribution >= 4 is 5.78 Å². The summed E-state index contributed by atoms with van der Waals surface area (Å²) < 4.78 is 10.4. The number of ketones is 1. The summed E-state index contributed by atoms with van der Waals surface area (Å²) in [6.07, 6.45) is 2.72. The Hall–Kier alpha value is -1.58. The fourth-order valence-corrected chi connectivity index (χ4v) is 1.56. The number of Topliss-reactive ketones (excluding diaryl/α,β-unsaturated/α-hetero) is 1. The Morgan fingerprint density at radius 2 is 2.06 bits per heavy atom. The Bertz CT molecular complexity index is 388. The first-order valence-electron chi connectivity index (χ1n) is 5.68. The molecule has 0 aliphatic heterocycles. The second kappa shape index (κ2) is 6.23. The van der Waals surface area contributed by atoms with Crippen molar-refractivity contribution in [2.24, 2.45) is 5.92 Å². The van der Waals surface area contributed by atoms with Crippen molar-refractivity contribution in [2.75, 3.05) is 14.2 Å². The maximum absolute atomic E-state index is 11.6. The van der Waals surface area contributed by atoms with E-state index in [2.05, 4.69) is 4.98 Å². The van der Waals surface area contributed by atoms with Gasteiger partial charge in [0.05, 0.1) is 19.9 Å². The van der Waals surface area contributed by atoms with Crippen molar-refractivity contribution in [2.45, 2.75) is 26.7 Å². The third-order valence-electron chi connectivity index (χ3n) is 2.62. The molecule has 0 unspecified atom stereocenters. The van der Waals surface area contributed by atoms with Crippen LogP contribution in [0.1, 0.15) is 26.0 Å². The summed E-state index contributed by atoms with van der Waals surface area (Å²) in [5.41, 5.74) is 0.765. The molecule has 1 aromatic rings. The summed E-state index contributed by atoms with van der Waals surface area (Å²) in [6.45, 7) is 3.80. The Morgan fingerprint density at radius 1 is 1.35 bits per heavy atom. The molecule has 4 nitrogen and oxygen atoms in total. The number of nitrogens with zero attached hydrogens (tertiary/aromatic N) is 1. The first kappa shape index (κ1) is 13.5. The summed E-state index contributed by atoms with van der Waals surface area (Å²) in [6, 6.07) is 1.74. The fourth-order valence-electron chi connectivity index (χ4n) is 1.56. The number of methoxy groups -OCH3 is 2. The monoisotopic (exact) mass is 237 g/mol. The number of aromatic nitrogens is 1. The van der Waals surface area contributed by atoms with Crippen LogP contribution in [0.5, 0.6) is 11.5 Å². The van der Waals surface area contributed by atoms with Crippen LogP contribution in [0, 0.1) is 5.92 Å². The van der Waals surface area contributed by atoms with E-state index in [0.29, 0.717) is 24.3 Å². The third kappa shape index (κ3) is 3.44. The molecule has 0 amide bonds. The summed E-state index contributed by atoms with van der Waals surface area (Å²) in [4.78, 5) is 15.8. The highest BCUT2D eigenvalue weighted by molar-refractivity contribution is 5.80. The van der Waals surface area contributed by atoms with Gasteiger partial charge in [0.15, 0.2) is 11.5 Å². The van der Waals surface area contributed by atoms with Crippen LogP contribution in [0.15, 0.2) is 12.3 Å². The van der Waals surface area contributed by atoms with Crippen LogP contribution in [-0.2, 0) is 11.2 Å². The van der Waals surface area contributed by atoms with Crippen LogP contribution in [-0.4, -0.2) is 25.0 Å². The first-order chi connectivity index (χ1) is 8.10. The number of carbonyl (C=O) groups is 1. The predicted molar refractivity (Wildman–Crippen MR) is 65.5 cm³/mol. The molecule has 0 radical (unpaired) electrons. The zero-order chi connectivity index (χ0) is 12.8. The van der Waals surface area contributed by atoms with Gasteiger partial charge < -0.3 is 9.47 Å². The van der Waals surface area contributed by atoms with E-state index in [0.717, 1.165) is 5.69 Å². The Labute approximate surface area is 102 Å². The van der Waals surface area contributed by atoms with Gasteiger partial charge in [0.25, 0.3) is 0 Å². The Morgan fingerprint density at radius 3 is 2.59 bits per heavy atom. The molecule has 0 aliphatic rings. The molecule has 0 spiro atoms. The lowest BCUT2D eigenvalue weighted by Gasteiger charge is -2.11. The van der Waals surface area contributed by atoms with Crippen LogP contribution in [0.3, 0.4) is 0 Å². The number of pyridine rings is 1. The van der Waals surface area contributed by atoms with E-state index in [4.69, 9.17) is 9.47 Å². The summed E-state index contributed by atoms with van der Waals surface area (Å²) in [5, 5.41) is 0. The topological polar surface area (TPSA) is 48.4 Å². The average Bonchev–Trinajstić information content (AvgIpc) is 2.34. The minimum atomic E-state index is 0.0617. The number of carbonyl (C=O) groups excluding carboxylic acids is 1. The normalized spacial score (nSPS) is 10.4. The maximum Gasteiger partial charge on any atom is 0.182 e. The molecule has 0 atom stereocenters. The zero-order valence-electron chi connectivity index (χ0n) is 10.8. The second-order valence-corrected chi connectivity index (χ2v) is 4.11. The Kier molecular flexibility index (Phi) is 4.94. The molecule has 0 saturated heterocycles. The lowest BCUT2D eigenvalue weighted by Crippen LogP contribution is -2.09. The van der Waals surface area contributed by atoms with Gasteiger partial charge in [-0.3, -0.25) is 9.78 Å². The molecule has 0 N–H and O–H groups in total. The third-order valence-corrected chi connectivity index (χ3v) is 2.62. The molecule has 0 saturated carbocycles. The standard InChI is InChI=1S/C13H19NO3/c1-9(2)11(15)6-5-10-13(17-4)12(16-3)7-8-14-10/h7-9H,5-6H2,1-4H3. The van der Waals surface area contributed by atoms with Crippen LogP contribution in [0.4, 0.5) is 0 Å². The highest BCUT2D eigenvalue weighted by Gasteiger charge is 2.13. The van der Waals surface area contributed by atoms with Crippen LogP contribution in [0.25, 0.3) is 0 Å². The molecule has 1 heterocycles. The molecule has 1 rings (SSSR count). The average molecular weight is 237 g/mol. The van der Waals surface area contributed by atoms with Crippen molar-refractivity contribution < 1.29 is 14.3 Å². The van der Waals surface area contributed by atoms with E-state index in [-0.39, 0.29) is 11.7 Å². The molecule has 1 aromatic heterocycles. The van der Waals surface area contributed by atoms with E-state index in [1.54, 1.807) is 26.5 Å². The van der Waals surface area contributed by atoms with Crippen LogP contribution < -0.4 is 9.47 Å². The van der Waals surface area contributed by atoms with Gasteiger partial charge in [-0.25, -0.2) is 0 Å². The SMILES string of the molecule is COc1ccnc(CCC(=O)C(C)C)c1OC. The second-order valence-electron chi connectivity index (χ2n) is 4.11. The predicted octanol–water partition coefficient (Wildman–Crippen LogP) is 2.26. The van der Waals surface area contributed by atoms with Gasteiger partial charge >= 0.3 is 0 Å². The summed E-state index contributed by atoms with van der Waals surface area (Å²) >= 11 is 0. The smallest absolute Gasteiger partial charge is 0.182 e. The van der Waals surface area contributed by atoms with E-state index in [1.165, 1.54) is 0 Å². The van der Waals surface area contributed by atoms with Gasteiger partial charge in [0.2, 0.25) is 0 Å². The fraction of sp³-hybridized carbons (Fsp3) is 0.538. The van der Waals surface area contributed by atoms with Gasteiger partial charge in [-0.15, -0.1) is 0 Å². The molecular formula is C13H19NO3. The lowest BCUT2D eigenvalue weighted by molar-refractivity contribution is -0.121. The van der Waals surface area contributed by atoms with E-state index >= 15 is 0 Å². The molecule has 94 valence electrons. The quantitative estimate of drug-likeness (QED) is 0.761. The molecule has 0 aromatic carbocycles. The van der Waals surface area contributed by atoms with E-state index < -0.39 is 0 Å². The molecule has 0 aliphatic carbocycles. The van der Waals surface area contributed by atoms with Gasteiger partial charge in [0, 0.05) is 31.0 Å². The molecule has 4 heteroatoms. The summed E-state index contributed by atoms with van der Waals surface area (Å²) in [5.74, 6) is 1.56. The van der Waals surface area contributed by atoms with Crippen molar-refractivity contribution in [3.8, 4) is 11.5 Å². The van der Waals surface area contributed by atoms with E-state index in [9.17, 15) is 4.79 Å². The van der Waals surface area contributed by atoms with Gasteiger partial charge in [-0.1, -0.05) is 13.8 Å². The number of hydrogen-bond donors (Lipinski definition) is 0. The van der Waals surface area contributed by atoms with E-state index in [1.807, 2.05) is 13.8 Å². The largest absolute Gasteiger partial charge is 0.493 e. The van der Waals surface area contributed by atoms with Crippen LogP contribution in [0.2, 0.25) is 0 Å². The molecule has 17 heavy (non-hydrogen) atoms. The molecule has 0 bridgehead atoms. The number of ether oxygens (including phenoxy) is 2. The first-order valence-corrected chi connectivity index (χ1v) is 5.68. The maximum atomic E-state index is 11.6.